The van der Waals surface area contributed by atoms with Crippen LogP contribution in [0.25, 0.3) is 0 Å². The summed E-state index contributed by atoms with van der Waals surface area (Å²) in [5, 5.41) is 19.1. The van der Waals surface area contributed by atoms with E-state index in [4.69, 9.17) is 4.74 Å². The number of nitrogens with one attached hydrogen (secondary N) is 3. The van der Waals surface area contributed by atoms with Crippen LogP contribution in [0.3, 0.4) is 0 Å². The molecule has 3 N–H and O–H groups in total. The molecule has 1 aliphatic rings. The van der Waals surface area contributed by atoms with Crippen molar-refractivity contribution in [3.63, 3.8) is 0 Å². The van der Waals surface area contributed by atoms with Gasteiger partial charge in [0.25, 0.3) is 0 Å². The summed E-state index contributed by atoms with van der Waals surface area (Å²) >= 11 is 0. The highest BCUT2D eigenvalue weighted by atomic mass is 32.2. The normalized spacial score (nSPS) is 12.9. The molecule has 0 radical (unpaired) electrons. The van der Waals surface area contributed by atoms with Gasteiger partial charge in [-0.3, -0.25) is 0 Å². The van der Waals surface area contributed by atoms with Crippen LogP contribution in [0.15, 0.2) is 40.9 Å². The summed E-state index contributed by atoms with van der Waals surface area (Å²) in [7, 11) is -0.694. The number of methoxy groups -OCH3 is 1. The van der Waals surface area contributed by atoms with E-state index in [2.05, 4.69) is 41.3 Å². The van der Waals surface area contributed by atoms with Crippen molar-refractivity contribution >= 4 is 38.8 Å². The van der Waals surface area contributed by atoms with Gasteiger partial charge < -0.3 is 20.7 Å². The Balaban J connectivity index is 1.63. The zero-order valence-corrected chi connectivity index (χ0v) is 19.4. The molecule has 0 spiro atoms. The second-order valence-corrected chi connectivity index (χ2v) is 10.3. The van der Waals surface area contributed by atoms with Gasteiger partial charge in [0.2, 0.25) is 5.95 Å². The van der Waals surface area contributed by atoms with Gasteiger partial charge in [0.05, 0.1) is 13.3 Å². The van der Waals surface area contributed by atoms with Crippen LogP contribution in [0, 0.1) is 11.3 Å². The van der Waals surface area contributed by atoms with E-state index >= 15 is 0 Å². The van der Waals surface area contributed by atoms with E-state index in [0.29, 0.717) is 23.4 Å². The van der Waals surface area contributed by atoms with E-state index in [-0.39, 0.29) is 5.56 Å². The summed E-state index contributed by atoms with van der Waals surface area (Å²) in [6, 6.07) is 11.1. The zero-order valence-electron chi connectivity index (χ0n) is 18.5. The first kappa shape index (κ1) is 22.4. The van der Waals surface area contributed by atoms with Crippen molar-refractivity contribution < 1.29 is 8.95 Å². The van der Waals surface area contributed by atoms with Gasteiger partial charge in [-0.25, -0.2) is 14.2 Å². The number of nitriles is 1. The Hall–Kier alpha value is -3.75. The Labute approximate surface area is 192 Å². The summed E-state index contributed by atoms with van der Waals surface area (Å²) in [4.78, 5) is 13.1. The molecule has 2 aromatic heterocycles. The van der Waals surface area contributed by atoms with Crippen molar-refractivity contribution in [3.8, 4) is 11.8 Å². The van der Waals surface area contributed by atoms with E-state index in [0.717, 1.165) is 36.5 Å². The molecule has 0 saturated heterocycles. The average molecular weight is 465 g/mol. The summed E-state index contributed by atoms with van der Waals surface area (Å²) in [6.07, 6.45) is 5.42. The van der Waals surface area contributed by atoms with Crippen molar-refractivity contribution in [2.45, 2.75) is 13.0 Å². The molecule has 0 saturated carbocycles. The Morgan fingerprint density at radius 2 is 2.09 bits per heavy atom. The van der Waals surface area contributed by atoms with Crippen LogP contribution in [0.2, 0.25) is 0 Å². The summed E-state index contributed by atoms with van der Waals surface area (Å²) in [6.45, 7) is 1.68. The molecule has 10 nitrogen and oxygen atoms in total. The number of pyridine rings is 1. The molecule has 0 atom stereocenters. The molecule has 1 aliphatic heterocycles. The van der Waals surface area contributed by atoms with Crippen LogP contribution in [-0.2, 0) is 22.7 Å². The summed E-state index contributed by atoms with van der Waals surface area (Å²) < 4.78 is 21.7. The highest BCUT2D eigenvalue weighted by Gasteiger charge is 2.16. The fourth-order valence-electron chi connectivity index (χ4n) is 3.47. The SMILES string of the molecule is COc1cc(Nc2ncc(C#N)c(Nc3cccc(N=S(C)(C)=O)n3)n2)cc2c1CCNC2. The number of benzene rings is 1. The molecule has 11 heteroatoms. The maximum Gasteiger partial charge on any atom is 0.229 e. The van der Waals surface area contributed by atoms with E-state index in [1.54, 1.807) is 25.3 Å². The molecule has 0 amide bonds. The predicted molar refractivity (Wildman–Crippen MR) is 128 cm³/mol. The number of anilines is 4. The smallest absolute Gasteiger partial charge is 0.229 e. The average Bonchev–Trinajstić information content (AvgIpc) is 2.78. The minimum Gasteiger partial charge on any atom is -0.496 e. The third-order valence-electron chi connectivity index (χ3n) is 4.85. The summed E-state index contributed by atoms with van der Waals surface area (Å²) in [5.41, 5.74) is 3.39. The maximum absolute atomic E-state index is 12.0. The predicted octanol–water partition coefficient (Wildman–Crippen LogP) is 3.24. The lowest BCUT2D eigenvalue weighted by molar-refractivity contribution is 0.406. The van der Waals surface area contributed by atoms with Crippen molar-refractivity contribution in [2.24, 2.45) is 4.36 Å². The number of rotatable bonds is 6. The summed E-state index contributed by atoms with van der Waals surface area (Å²) in [5.74, 6) is 2.17. The number of aromatic nitrogens is 3. The lowest BCUT2D eigenvalue weighted by Crippen LogP contribution is -2.24. The number of nitrogens with zero attached hydrogens (tertiary/aromatic N) is 5. The van der Waals surface area contributed by atoms with E-state index in [1.807, 2.05) is 12.1 Å². The third-order valence-corrected chi connectivity index (χ3v) is 5.47. The molecule has 4 rings (SSSR count). The fourth-order valence-corrected chi connectivity index (χ4v) is 4.03. The van der Waals surface area contributed by atoms with Gasteiger partial charge in [0.1, 0.15) is 23.2 Å². The van der Waals surface area contributed by atoms with Crippen LogP contribution in [0.5, 0.6) is 5.75 Å². The molecule has 0 bridgehead atoms. The van der Waals surface area contributed by atoms with Crippen molar-refractivity contribution in [3.05, 3.63) is 53.2 Å². The van der Waals surface area contributed by atoms with Gasteiger partial charge in [-0.1, -0.05) is 6.07 Å². The highest BCUT2D eigenvalue weighted by Crippen LogP contribution is 2.31. The molecule has 170 valence electrons. The minimum absolute atomic E-state index is 0.256. The largest absolute Gasteiger partial charge is 0.496 e. The first-order chi connectivity index (χ1) is 15.8. The van der Waals surface area contributed by atoms with E-state index < -0.39 is 9.73 Å². The van der Waals surface area contributed by atoms with Crippen molar-refractivity contribution in [2.75, 3.05) is 36.8 Å². The number of hydrogen-bond donors (Lipinski definition) is 3. The van der Waals surface area contributed by atoms with Crippen LogP contribution in [-0.4, -0.2) is 45.3 Å². The molecular formula is C22H24N8O2S. The molecule has 0 fully saturated rings. The van der Waals surface area contributed by atoms with Gasteiger partial charge in [0.15, 0.2) is 11.6 Å². The van der Waals surface area contributed by atoms with Crippen LogP contribution < -0.4 is 20.7 Å². The maximum atomic E-state index is 12.0. The Bertz CT molecular complexity index is 1330. The molecule has 3 aromatic rings. The highest BCUT2D eigenvalue weighted by molar-refractivity contribution is 7.92. The Morgan fingerprint density at radius 3 is 2.85 bits per heavy atom. The van der Waals surface area contributed by atoms with Gasteiger partial charge >= 0.3 is 0 Å². The molecule has 1 aromatic carbocycles. The second kappa shape index (κ2) is 9.40. The lowest BCUT2D eigenvalue weighted by atomic mass is 9.99. The number of ether oxygens (including phenoxy) is 1. The van der Waals surface area contributed by atoms with Gasteiger partial charge in [-0.15, -0.1) is 0 Å². The second-order valence-electron chi connectivity index (χ2n) is 7.71. The van der Waals surface area contributed by atoms with E-state index in [9.17, 15) is 9.47 Å². The molecule has 33 heavy (non-hydrogen) atoms. The topological polar surface area (TPSA) is 137 Å². The standard InChI is InChI=1S/C22H24N8O2S/c1-32-18-10-16(9-14-12-24-8-7-17(14)18)26-22-25-13-15(11-23)21(29-22)28-19-5-4-6-20(27-19)30-33(2,3)31/h4-6,9-10,13,24H,7-8,12H2,1-3H3,(H2,25,26,27,28,29). The molecular weight excluding hydrogens is 440 g/mol. The minimum atomic E-state index is -2.35. The molecule has 3 heterocycles. The molecule has 0 aliphatic carbocycles. The van der Waals surface area contributed by atoms with Gasteiger partial charge in [-0.2, -0.15) is 14.6 Å². The molecule has 0 unspecified atom stereocenters. The fraction of sp³-hybridized carbons (Fsp3) is 0.273. The lowest BCUT2D eigenvalue weighted by Gasteiger charge is -2.21. The van der Waals surface area contributed by atoms with Crippen molar-refractivity contribution in [1.29, 1.82) is 5.26 Å². The van der Waals surface area contributed by atoms with E-state index in [1.165, 1.54) is 24.3 Å². The van der Waals surface area contributed by atoms with Crippen LogP contribution in [0.1, 0.15) is 16.7 Å². The van der Waals surface area contributed by atoms with Crippen molar-refractivity contribution in [1.82, 2.24) is 20.3 Å². The van der Waals surface area contributed by atoms with Gasteiger partial charge in [0, 0.05) is 46.1 Å². The number of fused-ring (bicyclic) bond motifs is 1. The van der Waals surface area contributed by atoms with Crippen LogP contribution >= 0.6 is 0 Å². The monoisotopic (exact) mass is 464 g/mol. The Kier molecular flexibility index (Phi) is 6.39. The first-order valence-electron chi connectivity index (χ1n) is 10.2. The van der Waals surface area contributed by atoms with Gasteiger partial charge in [-0.05, 0) is 36.7 Å². The first-order valence-corrected chi connectivity index (χ1v) is 12.5. The van der Waals surface area contributed by atoms with Crippen LogP contribution in [0.4, 0.5) is 29.1 Å². The quantitative estimate of drug-likeness (QED) is 0.502. The number of hydrogen-bond acceptors (Lipinski definition) is 10. The Morgan fingerprint density at radius 1 is 1.24 bits per heavy atom. The third kappa shape index (κ3) is 5.54. The zero-order chi connectivity index (χ0) is 23.4.